The van der Waals surface area contributed by atoms with E-state index < -0.39 is 0 Å². The number of piperidine rings is 1. The summed E-state index contributed by atoms with van der Waals surface area (Å²) in [7, 11) is 0. The molecule has 0 bridgehead atoms. The largest absolute Gasteiger partial charge is 0.337 e. The minimum atomic E-state index is -0.196. The molecule has 0 radical (unpaired) electrons. The third kappa shape index (κ3) is 3.97. The maximum Gasteiger partial charge on any atom is 0.263 e. The minimum absolute atomic E-state index is 0.0132. The van der Waals surface area contributed by atoms with E-state index in [0.29, 0.717) is 18.9 Å². The van der Waals surface area contributed by atoms with E-state index in [2.05, 4.69) is 26.2 Å². The molecule has 0 saturated carbocycles. The topological polar surface area (TPSA) is 62.3 Å². The van der Waals surface area contributed by atoms with Crippen LogP contribution in [0.15, 0.2) is 40.3 Å². The van der Waals surface area contributed by atoms with Crippen molar-refractivity contribution in [3.8, 4) is 0 Å². The highest BCUT2D eigenvalue weighted by Crippen LogP contribution is 2.22. The Bertz CT molecular complexity index is 688. The van der Waals surface area contributed by atoms with Gasteiger partial charge in [-0.05, 0) is 52.4 Å². The zero-order valence-corrected chi connectivity index (χ0v) is 14.8. The molecule has 1 atom stereocenters. The quantitative estimate of drug-likeness (QED) is 0.868. The average molecular weight is 394 g/mol. The number of nitrogens with zero attached hydrogens (tertiary/aromatic N) is 2. The summed E-state index contributed by atoms with van der Waals surface area (Å²) in [6.45, 7) is 1.16. The van der Waals surface area contributed by atoms with Crippen molar-refractivity contribution in [1.82, 2.24) is 9.88 Å². The van der Waals surface area contributed by atoms with E-state index in [0.717, 1.165) is 22.2 Å². The maximum absolute atomic E-state index is 12.4. The van der Waals surface area contributed by atoms with Crippen molar-refractivity contribution < 1.29 is 9.59 Å². The van der Waals surface area contributed by atoms with Crippen LogP contribution in [0.2, 0.25) is 0 Å². The van der Waals surface area contributed by atoms with Gasteiger partial charge in [-0.3, -0.25) is 9.59 Å². The van der Waals surface area contributed by atoms with Gasteiger partial charge in [0.2, 0.25) is 5.91 Å². The lowest BCUT2D eigenvalue weighted by atomic mass is 9.97. The number of amides is 2. The minimum Gasteiger partial charge on any atom is -0.337 e. The molecular formula is C16H16BrN3O2S. The van der Waals surface area contributed by atoms with E-state index in [1.54, 1.807) is 17.2 Å². The summed E-state index contributed by atoms with van der Waals surface area (Å²) in [5, 5.41) is 4.72. The van der Waals surface area contributed by atoms with Gasteiger partial charge in [0, 0.05) is 23.8 Å². The molecule has 7 heteroatoms. The van der Waals surface area contributed by atoms with Crippen LogP contribution in [0, 0.1) is 5.92 Å². The molecule has 0 aromatic carbocycles. The second-order valence-corrected chi connectivity index (χ2v) is 7.28. The predicted molar refractivity (Wildman–Crippen MR) is 93.5 cm³/mol. The molecule has 3 rings (SSSR count). The van der Waals surface area contributed by atoms with E-state index in [9.17, 15) is 9.59 Å². The molecule has 1 aliphatic rings. The van der Waals surface area contributed by atoms with E-state index in [1.165, 1.54) is 11.3 Å². The number of hydrogen-bond donors (Lipinski definition) is 1. The van der Waals surface area contributed by atoms with Crippen molar-refractivity contribution in [2.75, 3.05) is 18.4 Å². The van der Waals surface area contributed by atoms with Gasteiger partial charge in [0.05, 0.1) is 10.8 Å². The number of likely N-dealkylation sites (tertiary alicyclic amines) is 1. The third-order valence-electron chi connectivity index (χ3n) is 3.79. The summed E-state index contributed by atoms with van der Waals surface area (Å²) in [5.74, 6) is 0.265. The second-order valence-electron chi connectivity index (χ2n) is 5.42. The third-order valence-corrected chi connectivity index (χ3v) is 5.12. The van der Waals surface area contributed by atoms with Gasteiger partial charge in [0.1, 0.15) is 5.82 Å². The summed E-state index contributed by atoms with van der Waals surface area (Å²) >= 11 is 4.74. The van der Waals surface area contributed by atoms with Gasteiger partial charge >= 0.3 is 0 Å². The molecule has 23 heavy (non-hydrogen) atoms. The Morgan fingerprint density at radius 3 is 2.91 bits per heavy atom. The van der Waals surface area contributed by atoms with Gasteiger partial charge in [0.25, 0.3) is 5.91 Å². The summed E-state index contributed by atoms with van der Waals surface area (Å²) in [5.41, 5.74) is 0. The smallest absolute Gasteiger partial charge is 0.263 e. The highest BCUT2D eigenvalue weighted by atomic mass is 79.9. The maximum atomic E-state index is 12.4. The number of carbonyl (C=O) groups excluding carboxylic acids is 2. The van der Waals surface area contributed by atoms with Crippen LogP contribution >= 0.6 is 27.3 Å². The van der Waals surface area contributed by atoms with Crippen LogP contribution in [0.4, 0.5) is 5.82 Å². The van der Waals surface area contributed by atoms with Gasteiger partial charge in [0.15, 0.2) is 0 Å². The zero-order chi connectivity index (χ0) is 16.2. The molecule has 1 fully saturated rings. The fourth-order valence-corrected chi connectivity index (χ4v) is 3.54. The van der Waals surface area contributed by atoms with Crippen molar-refractivity contribution in [3.63, 3.8) is 0 Å². The van der Waals surface area contributed by atoms with Gasteiger partial charge in [-0.25, -0.2) is 4.98 Å². The molecule has 120 valence electrons. The molecule has 2 amide bonds. The Labute approximate surface area is 146 Å². The molecule has 1 N–H and O–H groups in total. The van der Waals surface area contributed by atoms with Crippen LogP contribution in [0.1, 0.15) is 22.5 Å². The van der Waals surface area contributed by atoms with Crippen molar-refractivity contribution >= 4 is 44.9 Å². The zero-order valence-electron chi connectivity index (χ0n) is 12.4. The molecule has 2 aromatic rings. The first-order valence-corrected chi connectivity index (χ1v) is 9.06. The molecular weight excluding hydrogens is 378 g/mol. The van der Waals surface area contributed by atoms with Crippen LogP contribution < -0.4 is 5.32 Å². The van der Waals surface area contributed by atoms with Crippen molar-refractivity contribution in [3.05, 3.63) is 45.2 Å². The first-order chi connectivity index (χ1) is 11.1. The van der Waals surface area contributed by atoms with Crippen LogP contribution in [-0.4, -0.2) is 34.8 Å². The molecule has 3 heterocycles. The van der Waals surface area contributed by atoms with Gasteiger partial charge in [-0.1, -0.05) is 6.07 Å². The van der Waals surface area contributed by atoms with Crippen molar-refractivity contribution in [2.24, 2.45) is 5.92 Å². The summed E-state index contributed by atoms with van der Waals surface area (Å²) in [4.78, 5) is 31.5. The first-order valence-electron chi connectivity index (χ1n) is 7.38. The molecule has 1 aliphatic heterocycles. The van der Waals surface area contributed by atoms with Crippen LogP contribution in [0.25, 0.3) is 0 Å². The fourth-order valence-electron chi connectivity index (χ4n) is 2.61. The van der Waals surface area contributed by atoms with E-state index >= 15 is 0 Å². The molecule has 0 unspecified atom stereocenters. The number of halogens is 1. The highest BCUT2D eigenvalue weighted by molar-refractivity contribution is 9.10. The first kappa shape index (κ1) is 16.1. The predicted octanol–water partition coefficient (Wildman–Crippen LogP) is 3.40. The van der Waals surface area contributed by atoms with Gasteiger partial charge < -0.3 is 10.2 Å². The molecule has 0 spiro atoms. The number of carbonyl (C=O) groups is 2. The van der Waals surface area contributed by atoms with Crippen LogP contribution in [-0.2, 0) is 4.79 Å². The normalized spacial score (nSPS) is 17.8. The summed E-state index contributed by atoms with van der Waals surface area (Å²) in [6.07, 6.45) is 3.27. The average Bonchev–Trinajstić information content (AvgIpc) is 3.11. The SMILES string of the molecule is O=C(Nc1ccc(Br)cn1)[C@@H]1CCCN(C(=O)c2cccs2)C1. The molecule has 5 nitrogen and oxygen atoms in total. The van der Waals surface area contributed by atoms with Gasteiger partial charge in [-0.2, -0.15) is 0 Å². The number of anilines is 1. The summed E-state index contributed by atoms with van der Waals surface area (Å²) < 4.78 is 0.862. The number of pyridine rings is 1. The number of hydrogen-bond acceptors (Lipinski definition) is 4. The van der Waals surface area contributed by atoms with Crippen LogP contribution in [0.3, 0.4) is 0 Å². The molecule has 1 saturated heterocycles. The number of nitrogens with one attached hydrogen (secondary N) is 1. The standard InChI is InChI=1S/C16H16BrN3O2S/c17-12-5-6-14(18-9-12)19-15(21)11-3-1-7-20(10-11)16(22)13-4-2-8-23-13/h2,4-6,8-9,11H,1,3,7,10H2,(H,18,19,21)/t11-/m1/s1. The van der Waals surface area contributed by atoms with E-state index in [4.69, 9.17) is 0 Å². The number of aromatic nitrogens is 1. The van der Waals surface area contributed by atoms with Crippen molar-refractivity contribution in [1.29, 1.82) is 0 Å². The number of thiophene rings is 1. The van der Waals surface area contributed by atoms with Crippen molar-refractivity contribution in [2.45, 2.75) is 12.8 Å². The monoisotopic (exact) mass is 393 g/mol. The lowest BCUT2D eigenvalue weighted by Crippen LogP contribution is -2.43. The Morgan fingerprint density at radius 2 is 2.22 bits per heavy atom. The van der Waals surface area contributed by atoms with E-state index in [1.807, 2.05) is 23.6 Å². The second kappa shape index (κ2) is 7.23. The lowest BCUT2D eigenvalue weighted by molar-refractivity contribution is -0.121. The Kier molecular flexibility index (Phi) is 5.07. The molecule has 2 aromatic heterocycles. The van der Waals surface area contributed by atoms with Crippen LogP contribution in [0.5, 0.6) is 0 Å². The Morgan fingerprint density at radius 1 is 1.35 bits per heavy atom. The van der Waals surface area contributed by atoms with Gasteiger partial charge in [-0.15, -0.1) is 11.3 Å². The Balaban J connectivity index is 1.62. The Hall–Kier alpha value is -1.73. The number of rotatable bonds is 3. The summed E-state index contributed by atoms with van der Waals surface area (Å²) in [6, 6.07) is 7.27. The van der Waals surface area contributed by atoms with E-state index in [-0.39, 0.29) is 17.7 Å². The fraction of sp³-hybridized carbons (Fsp3) is 0.312. The molecule has 0 aliphatic carbocycles. The highest BCUT2D eigenvalue weighted by Gasteiger charge is 2.29. The lowest BCUT2D eigenvalue weighted by Gasteiger charge is -2.31.